The molecule has 0 spiro atoms. The van der Waals surface area contributed by atoms with E-state index in [1.54, 1.807) is 0 Å². The predicted molar refractivity (Wildman–Crippen MR) is 72.4 cm³/mol. The Balaban J connectivity index is 2.72. The minimum atomic E-state index is -1.41. The molecule has 0 amide bonds. The van der Waals surface area contributed by atoms with Crippen molar-refractivity contribution in [2.75, 3.05) is 14.2 Å². The maximum Gasteiger partial charge on any atom is 0.356 e. The minimum Gasteiger partial charge on any atom is -0.492 e. The molecule has 1 heterocycles. The SMILES string of the molecule is COC(=O)c1cc(F)c(F)c(-c2ccc(Cl)c(OC)c2F)n1. The standard InChI is InChI=1S/C14H9ClF3NO3/c1-21-13-7(15)4-3-6(10(13)17)12-11(18)8(16)5-9(19-12)14(20)22-2/h3-5H,1-2H3. The zero-order valence-corrected chi connectivity index (χ0v) is 12.2. The molecule has 0 aliphatic carbocycles. The van der Waals surface area contributed by atoms with Crippen molar-refractivity contribution in [3.8, 4) is 17.0 Å². The lowest BCUT2D eigenvalue weighted by Crippen LogP contribution is -2.08. The van der Waals surface area contributed by atoms with Crippen LogP contribution in [0.5, 0.6) is 5.75 Å². The lowest BCUT2D eigenvalue weighted by atomic mass is 10.1. The Morgan fingerprint density at radius 1 is 1.18 bits per heavy atom. The van der Waals surface area contributed by atoms with Gasteiger partial charge in [0.1, 0.15) is 5.69 Å². The molecule has 4 nitrogen and oxygen atoms in total. The summed E-state index contributed by atoms with van der Waals surface area (Å²) in [4.78, 5) is 15.0. The van der Waals surface area contributed by atoms with Crippen LogP contribution in [0.3, 0.4) is 0 Å². The van der Waals surface area contributed by atoms with Crippen molar-refractivity contribution in [1.82, 2.24) is 4.98 Å². The number of hydrogen-bond acceptors (Lipinski definition) is 4. The molecule has 2 aromatic rings. The van der Waals surface area contributed by atoms with Gasteiger partial charge in [-0.25, -0.2) is 22.9 Å². The molecule has 1 aromatic carbocycles. The maximum atomic E-state index is 14.3. The molecular weight excluding hydrogens is 323 g/mol. The van der Waals surface area contributed by atoms with Crippen molar-refractivity contribution in [2.24, 2.45) is 0 Å². The first kappa shape index (κ1) is 16.1. The molecular formula is C14H9ClF3NO3. The number of esters is 1. The molecule has 116 valence electrons. The van der Waals surface area contributed by atoms with Crippen LogP contribution in [0.25, 0.3) is 11.3 Å². The largest absolute Gasteiger partial charge is 0.492 e. The van der Waals surface area contributed by atoms with Crippen molar-refractivity contribution in [3.05, 3.63) is 46.4 Å². The van der Waals surface area contributed by atoms with Gasteiger partial charge in [0, 0.05) is 11.6 Å². The van der Waals surface area contributed by atoms with E-state index in [-0.39, 0.29) is 10.8 Å². The molecule has 0 radical (unpaired) electrons. The highest BCUT2D eigenvalue weighted by Gasteiger charge is 2.23. The van der Waals surface area contributed by atoms with Gasteiger partial charge in [-0.2, -0.15) is 0 Å². The monoisotopic (exact) mass is 331 g/mol. The van der Waals surface area contributed by atoms with Gasteiger partial charge in [-0.1, -0.05) is 11.6 Å². The number of carbonyl (C=O) groups is 1. The van der Waals surface area contributed by atoms with Gasteiger partial charge >= 0.3 is 5.97 Å². The lowest BCUT2D eigenvalue weighted by Gasteiger charge is -2.11. The third kappa shape index (κ3) is 2.71. The van der Waals surface area contributed by atoms with Gasteiger partial charge in [-0.15, -0.1) is 0 Å². The maximum absolute atomic E-state index is 14.3. The molecule has 0 aliphatic heterocycles. The molecule has 0 unspecified atom stereocenters. The smallest absolute Gasteiger partial charge is 0.356 e. The Kier molecular flexibility index (Phi) is 4.56. The van der Waals surface area contributed by atoms with Gasteiger partial charge in [-0.3, -0.25) is 0 Å². The van der Waals surface area contributed by atoms with Crippen LogP contribution < -0.4 is 4.74 Å². The number of rotatable bonds is 3. The number of ether oxygens (including phenoxy) is 2. The van der Waals surface area contributed by atoms with Crippen molar-refractivity contribution in [3.63, 3.8) is 0 Å². The molecule has 0 atom stereocenters. The summed E-state index contributed by atoms with van der Waals surface area (Å²) in [5.74, 6) is -5.12. The third-order valence-corrected chi connectivity index (χ3v) is 3.11. The molecule has 0 N–H and O–H groups in total. The van der Waals surface area contributed by atoms with Gasteiger partial charge in [0.2, 0.25) is 0 Å². The van der Waals surface area contributed by atoms with E-state index in [4.69, 9.17) is 16.3 Å². The number of nitrogens with zero attached hydrogens (tertiary/aromatic N) is 1. The number of aromatic nitrogens is 1. The molecule has 0 aliphatic rings. The van der Waals surface area contributed by atoms with E-state index >= 15 is 0 Å². The van der Waals surface area contributed by atoms with E-state index < -0.39 is 40.4 Å². The Morgan fingerprint density at radius 2 is 1.86 bits per heavy atom. The van der Waals surface area contributed by atoms with E-state index in [9.17, 15) is 18.0 Å². The quantitative estimate of drug-likeness (QED) is 0.806. The van der Waals surface area contributed by atoms with Gasteiger partial charge in [-0.05, 0) is 12.1 Å². The van der Waals surface area contributed by atoms with Gasteiger partial charge < -0.3 is 9.47 Å². The second-order valence-electron chi connectivity index (χ2n) is 4.09. The van der Waals surface area contributed by atoms with Crippen LogP contribution >= 0.6 is 11.6 Å². The summed E-state index contributed by atoms with van der Waals surface area (Å²) in [6.45, 7) is 0. The van der Waals surface area contributed by atoms with Crippen LogP contribution in [0, 0.1) is 17.5 Å². The van der Waals surface area contributed by atoms with Crippen LogP contribution in [-0.4, -0.2) is 25.2 Å². The fourth-order valence-corrected chi connectivity index (χ4v) is 2.01. The van der Waals surface area contributed by atoms with Gasteiger partial charge in [0.25, 0.3) is 0 Å². The molecule has 0 fully saturated rings. The fourth-order valence-electron chi connectivity index (χ4n) is 1.79. The number of pyridine rings is 1. The third-order valence-electron chi connectivity index (χ3n) is 2.82. The fraction of sp³-hybridized carbons (Fsp3) is 0.143. The van der Waals surface area contributed by atoms with E-state index in [1.165, 1.54) is 13.2 Å². The summed E-state index contributed by atoms with van der Waals surface area (Å²) in [6, 6.07) is 2.91. The lowest BCUT2D eigenvalue weighted by molar-refractivity contribution is 0.0593. The second kappa shape index (κ2) is 6.23. The Hall–Kier alpha value is -2.28. The second-order valence-corrected chi connectivity index (χ2v) is 4.49. The zero-order chi connectivity index (χ0) is 16.4. The van der Waals surface area contributed by atoms with Crippen molar-refractivity contribution in [2.45, 2.75) is 0 Å². The van der Waals surface area contributed by atoms with E-state index in [2.05, 4.69) is 9.72 Å². The number of benzene rings is 1. The van der Waals surface area contributed by atoms with Crippen molar-refractivity contribution >= 4 is 17.6 Å². The average Bonchev–Trinajstić information content (AvgIpc) is 2.50. The summed E-state index contributed by atoms with van der Waals surface area (Å²) < 4.78 is 51.0. The molecule has 2 rings (SSSR count). The summed E-state index contributed by atoms with van der Waals surface area (Å²) in [7, 11) is 2.22. The predicted octanol–water partition coefficient (Wildman–Crippen LogP) is 3.61. The highest BCUT2D eigenvalue weighted by atomic mass is 35.5. The van der Waals surface area contributed by atoms with Crippen molar-refractivity contribution < 1.29 is 27.4 Å². The normalized spacial score (nSPS) is 10.5. The summed E-state index contributed by atoms with van der Waals surface area (Å²) in [5.41, 5.74) is -1.58. The van der Waals surface area contributed by atoms with Crippen LogP contribution in [0.4, 0.5) is 13.2 Å². The summed E-state index contributed by atoms with van der Waals surface area (Å²) in [5, 5.41) is -0.0475. The number of methoxy groups -OCH3 is 2. The highest BCUT2D eigenvalue weighted by Crippen LogP contribution is 2.35. The van der Waals surface area contributed by atoms with E-state index in [0.717, 1.165) is 13.2 Å². The number of carbonyl (C=O) groups excluding carboxylic acids is 1. The molecule has 8 heteroatoms. The Labute approximate surface area is 128 Å². The summed E-state index contributed by atoms with van der Waals surface area (Å²) >= 11 is 5.74. The highest BCUT2D eigenvalue weighted by molar-refractivity contribution is 6.32. The molecule has 22 heavy (non-hydrogen) atoms. The molecule has 1 aromatic heterocycles. The van der Waals surface area contributed by atoms with Gasteiger partial charge in [0.05, 0.1) is 19.2 Å². The average molecular weight is 332 g/mol. The van der Waals surface area contributed by atoms with Crippen LogP contribution in [0.2, 0.25) is 5.02 Å². The Morgan fingerprint density at radius 3 is 2.45 bits per heavy atom. The molecule has 0 saturated carbocycles. The molecule has 0 bridgehead atoms. The topological polar surface area (TPSA) is 48.4 Å². The first-order valence-corrected chi connectivity index (χ1v) is 6.25. The van der Waals surface area contributed by atoms with Crippen LogP contribution in [0.15, 0.2) is 18.2 Å². The Bertz CT molecular complexity index is 753. The summed E-state index contributed by atoms with van der Waals surface area (Å²) in [6.07, 6.45) is 0. The molecule has 0 saturated heterocycles. The first-order chi connectivity index (χ1) is 10.4. The number of hydrogen-bond donors (Lipinski definition) is 0. The van der Waals surface area contributed by atoms with Gasteiger partial charge in [0.15, 0.2) is 28.9 Å². The van der Waals surface area contributed by atoms with Crippen LogP contribution in [-0.2, 0) is 4.74 Å². The van der Waals surface area contributed by atoms with E-state index in [0.29, 0.717) is 6.07 Å². The minimum absolute atomic E-state index is 0.0475. The van der Waals surface area contributed by atoms with E-state index in [1.807, 2.05) is 0 Å². The van der Waals surface area contributed by atoms with Crippen molar-refractivity contribution in [1.29, 1.82) is 0 Å². The van der Waals surface area contributed by atoms with Crippen LogP contribution in [0.1, 0.15) is 10.5 Å². The zero-order valence-electron chi connectivity index (χ0n) is 11.4. The first-order valence-electron chi connectivity index (χ1n) is 5.87. The number of halogens is 4.